The fourth-order valence-electron chi connectivity index (χ4n) is 0.707. The van der Waals surface area contributed by atoms with E-state index in [1.165, 1.54) is 18.3 Å². The molecule has 0 fully saturated rings. The average Bonchev–Trinajstić information content (AvgIpc) is 2.06. The van der Waals surface area contributed by atoms with Gasteiger partial charge in [-0.3, -0.25) is 0 Å². The maximum absolute atomic E-state index is 10.3. The molecule has 2 amide bonds. The zero-order valence-electron chi connectivity index (χ0n) is 6.97. The van der Waals surface area contributed by atoms with Crippen LogP contribution in [0, 0.1) is 0 Å². The van der Waals surface area contributed by atoms with E-state index in [2.05, 4.69) is 14.5 Å². The average molecular weight is 197 g/mol. The number of pyridine rings is 1. The summed E-state index contributed by atoms with van der Waals surface area (Å²) in [4.78, 5) is 24.2. The molecule has 0 aliphatic heterocycles. The first kappa shape index (κ1) is 9.78. The Morgan fingerprint density at radius 1 is 1.14 bits per heavy atom. The maximum atomic E-state index is 10.3. The van der Waals surface area contributed by atoms with Crippen LogP contribution in [0.1, 0.15) is 0 Å². The SMILES string of the molecule is NC(=O)Oc1ccc(OC(N)=O)nc1. The van der Waals surface area contributed by atoms with Gasteiger partial charge >= 0.3 is 12.2 Å². The van der Waals surface area contributed by atoms with Crippen molar-refractivity contribution in [1.82, 2.24) is 4.98 Å². The van der Waals surface area contributed by atoms with Crippen molar-refractivity contribution in [3.8, 4) is 11.6 Å². The predicted octanol–water partition coefficient (Wildman–Crippen LogP) is -0.00340. The summed E-state index contributed by atoms with van der Waals surface area (Å²) in [6.07, 6.45) is -0.750. The number of nitrogens with two attached hydrogens (primary N) is 2. The Kier molecular flexibility index (Phi) is 2.85. The van der Waals surface area contributed by atoms with Gasteiger partial charge < -0.3 is 20.9 Å². The molecule has 0 radical (unpaired) electrons. The molecule has 74 valence electrons. The van der Waals surface area contributed by atoms with Crippen molar-refractivity contribution in [3.63, 3.8) is 0 Å². The van der Waals surface area contributed by atoms with Crippen LogP contribution >= 0.6 is 0 Å². The highest BCUT2D eigenvalue weighted by Gasteiger charge is 2.02. The number of aromatic nitrogens is 1. The van der Waals surface area contributed by atoms with Gasteiger partial charge in [0.15, 0.2) is 5.75 Å². The molecule has 0 unspecified atom stereocenters. The van der Waals surface area contributed by atoms with Crippen molar-refractivity contribution in [3.05, 3.63) is 18.3 Å². The van der Waals surface area contributed by atoms with Gasteiger partial charge in [-0.2, -0.15) is 0 Å². The van der Waals surface area contributed by atoms with Crippen molar-refractivity contribution >= 4 is 12.2 Å². The molecule has 7 heteroatoms. The molecular weight excluding hydrogens is 190 g/mol. The highest BCUT2D eigenvalue weighted by molar-refractivity contribution is 5.68. The molecule has 1 aromatic heterocycles. The first-order valence-corrected chi connectivity index (χ1v) is 3.48. The molecular formula is C7H7N3O4. The van der Waals surface area contributed by atoms with Crippen LogP contribution in [0.4, 0.5) is 9.59 Å². The van der Waals surface area contributed by atoms with Crippen molar-refractivity contribution in [2.75, 3.05) is 0 Å². The van der Waals surface area contributed by atoms with Gasteiger partial charge in [0.1, 0.15) is 0 Å². The third-order valence-electron chi connectivity index (χ3n) is 1.13. The number of hydrogen-bond acceptors (Lipinski definition) is 5. The maximum Gasteiger partial charge on any atom is 0.411 e. The van der Waals surface area contributed by atoms with E-state index in [0.717, 1.165) is 0 Å². The molecule has 0 aliphatic rings. The van der Waals surface area contributed by atoms with E-state index in [4.69, 9.17) is 11.5 Å². The summed E-state index contributed by atoms with van der Waals surface area (Å²) in [5, 5.41) is 0. The molecule has 0 atom stereocenters. The van der Waals surface area contributed by atoms with Crippen LogP contribution in [-0.4, -0.2) is 17.2 Å². The van der Waals surface area contributed by atoms with Gasteiger partial charge in [0.2, 0.25) is 5.88 Å². The number of nitrogens with zero attached hydrogens (tertiary/aromatic N) is 1. The van der Waals surface area contributed by atoms with E-state index in [1.54, 1.807) is 0 Å². The molecule has 1 rings (SSSR count). The Hall–Kier alpha value is -2.31. The van der Waals surface area contributed by atoms with Crippen LogP contribution in [0.2, 0.25) is 0 Å². The summed E-state index contributed by atoms with van der Waals surface area (Å²) in [7, 11) is 0. The summed E-state index contributed by atoms with van der Waals surface area (Å²) in [6, 6.07) is 2.67. The van der Waals surface area contributed by atoms with Gasteiger partial charge in [-0.05, 0) is 6.07 Å². The standard InChI is InChI=1S/C7H7N3O4/c8-6(11)13-4-1-2-5(10-3-4)14-7(9)12/h1-3H,(H2,8,11)(H2,9,12). The first-order chi connectivity index (χ1) is 6.58. The molecule has 1 aromatic rings. The third-order valence-corrected chi connectivity index (χ3v) is 1.13. The van der Waals surface area contributed by atoms with E-state index in [1.807, 2.05) is 0 Å². The van der Waals surface area contributed by atoms with Crippen LogP contribution in [0.5, 0.6) is 11.6 Å². The van der Waals surface area contributed by atoms with Gasteiger partial charge in [0.05, 0.1) is 6.20 Å². The fraction of sp³-hybridized carbons (Fsp3) is 0. The van der Waals surface area contributed by atoms with Gasteiger partial charge in [-0.15, -0.1) is 0 Å². The van der Waals surface area contributed by atoms with E-state index < -0.39 is 12.2 Å². The Labute approximate surface area is 78.6 Å². The lowest BCUT2D eigenvalue weighted by Crippen LogP contribution is -2.17. The molecule has 0 aliphatic carbocycles. The zero-order valence-corrected chi connectivity index (χ0v) is 6.97. The zero-order chi connectivity index (χ0) is 10.6. The quantitative estimate of drug-likeness (QED) is 0.691. The molecule has 0 bridgehead atoms. The van der Waals surface area contributed by atoms with Crippen LogP contribution in [-0.2, 0) is 0 Å². The Morgan fingerprint density at radius 2 is 1.79 bits per heavy atom. The van der Waals surface area contributed by atoms with E-state index in [9.17, 15) is 9.59 Å². The van der Waals surface area contributed by atoms with Crippen molar-refractivity contribution in [2.45, 2.75) is 0 Å². The van der Waals surface area contributed by atoms with Crippen LogP contribution in [0.3, 0.4) is 0 Å². The molecule has 7 nitrogen and oxygen atoms in total. The fourth-order valence-corrected chi connectivity index (χ4v) is 0.707. The molecule has 0 saturated carbocycles. The highest BCUT2D eigenvalue weighted by atomic mass is 16.6. The Morgan fingerprint density at radius 3 is 2.21 bits per heavy atom. The topological polar surface area (TPSA) is 118 Å². The molecule has 1 heterocycles. The van der Waals surface area contributed by atoms with Crippen LogP contribution in [0.15, 0.2) is 18.3 Å². The Balaban J connectivity index is 2.68. The van der Waals surface area contributed by atoms with Crippen molar-refractivity contribution < 1.29 is 19.1 Å². The number of carbonyl (C=O) groups is 2. The molecule has 0 aromatic carbocycles. The number of ether oxygens (including phenoxy) is 2. The second-order valence-electron chi connectivity index (χ2n) is 2.17. The Bertz CT molecular complexity index is 313. The van der Waals surface area contributed by atoms with Crippen LogP contribution < -0.4 is 20.9 Å². The van der Waals surface area contributed by atoms with Crippen molar-refractivity contribution in [1.29, 1.82) is 0 Å². The van der Waals surface area contributed by atoms with Gasteiger partial charge in [0, 0.05) is 6.07 Å². The number of amides is 2. The van der Waals surface area contributed by atoms with Gasteiger partial charge in [-0.25, -0.2) is 14.6 Å². The molecule has 0 saturated heterocycles. The smallest absolute Gasteiger partial charge is 0.409 e. The van der Waals surface area contributed by atoms with Crippen LogP contribution in [0.25, 0.3) is 0 Å². The lowest BCUT2D eigenvalue weighted by atomic mass is 10.4. The first-order valence-electron chi connectivity index (χ1n) is 3.48. The van der Waals surface area contributed by atoms with E-state index in [0.29, 0.717) is 0 Å². The molecule has 4 N–H and O–H groups in total. The minimum absolute atomic E-state index is 0.00863. The van der Waals surface area contributed by atoms with E-state index >= 15 is 0 Å². The number of carbonyl (C=O) groups excluding carboxylic acids is 2. The van der Waals surface area contributed by atoms with E-state index in [-0.39, 0.29) is 11.6 Å². The molecule has 0 spiro atoms. The summed E-state index contributed by atoms with van der Waals surface area (Å²) < 4.78 is 8.91. The van der Waals surface area contributed by atoms with Gasteiger partial charge in [0.25, 0.3) is 0 Å². The third kappa shape index (κ3) is 2.97. The summed E-state index contributed by atoms with van der Waals surface area (Å²) in [5.41, 5.74) is 9.49. The normalized spacial score (nSPS) is 9.14. The number of rotatable bonds is 2. The second kappa shape index (κ2) is 4.08. The summed E-state index contributed by atoms with van der Waals surface area (Å²) in [5.74, 6) is 0.156. The monoisotopic (exact) mass is 197 g/mol. The second-order valence-corrected chi connectivity index (χ2v) is 2.17. The lowest BCUT2D eigenvalue weighted by molar-refractivity contribution is 0.206. The molecule has 14 heavy (non-hydrogen) atoms. The number of hydrogen-bond donors (Lipinski definition) is 2. The predicted molar refractivity (Wildman–Crippen MR) is 44.7 cm³/mol. The summed E-state index contributed by atoms with van der Waals surface area (Å²) >= 11 is 0. The number of primary amides is 2. The van der Waals surface area contributed by atoms with Crippen molar-refractivity contribution in [2.24, 2.45) is 11.5 Å². The highest BCUT2D eigenvalue weighted by Crippen LogP contribution is 2.13. The lowest BCUT2D eigenvalue weighted by Gasteiger charge is -2.01. The van der Waals surface area contributed by atoms with Gasteiger partial charge in [-0.1, -0.05) is 0 Å². The summed E-state index contributed by atoms with van der Waals surface area (Å²) in [6.45, 7) is 0. The minimum atomic E-state index is -0.971. The largest absolute Gasteiger partial charge is 0.411 e. The minimum Gasteiger partial charge on any atom is -0.409 e.